The first kappa shape index (κ1) is 29.2. The van der Waals surface area contributed by atoms with E-state index in [4.69, 9.17) is 21.1 Å². The lowest BCUT2D eigenvalue weighted by Crippen LogP contribution is -2.27. The summed E-state index contributed by atoms with van der Waals surface area (Å²) in [6, 6.07) is 4.15. The number of nitrogens with zero attached hydrogens (tertiary/aromatic N) is 5. The highest BCUT2D eigenvalue weighted by Gasteiger charge is 2.37. The van der Waals surface area contributed by atoms with Crippen molar-refractivity contribution in [3.05, 3.63) is 74.4 Å². The number of nitrogens with one attached hydrogen (secondary N) is 1. The van der Waals surface area contributed by atoms with Crippen molar-refractivity contribution in [2.45, 2.75) is 33.1 Å². The van der Waals surface area contributed by atoms with Crippen LogP contribution in [0.1, 0.15) is 48.2 Å². The number of aromatic nitrogens is 4. The smallest absolute Gasteiger partial charge is 0.433 e. The molecular formula is C27H22ClF3N6O4S. The number of carbonyl (C=O) groups is 2. The SMILES string of the molecule is COc1cnc(Cl)cc1-c1cc(C)ncc1C(=O)Nc1nc2c(s1)CN(C(=O)c1c(C)cc(C(F)(F)F)nc1OC)C2. The largest absolute Gasteiger partial charge is 0.494 e. The van der Waals surface area contributed by atoms with Crippen molar-refractivity contribution in [3.63, 3.8) is 0 Å². The monoisotopic (exact) mass is 618 g/mol. The average Bonchev–Trinajstić information content (AvgIpc) is 3.50. The first-order valence-electron chi connectivity index (χ1n) is 12.3. The zero-order chi connectivity index (χ0) is 30.3. The third kappa shape index (κ3) is 5.59. The zero-order valence-electron chi connectivity index (χ0n) is 22.6. The maximum atomic E-state index is 13.4. The summed E-state index contributed by atoms with van der Waals surface area (Å²) in [4.78, 5) is 45.1. The van der Waals surface area contributed by atoms with Crippen molar-refractivity contribution < 1.29 is 32.2 Å². The Morgan fingerprint density at radius 1 is 1.02 bits per heavy atom. The van der Waals surface area contributed by atoms with Crippen molar-refractivity contribution >= 4 is 39.9 Å². The second kappa shape index (κ2) is 11.2. The molecule has 2 amide bonds. The zero-order valence-corrected chi connectivity index (χ0v) is 24.2. The molecule has 0 fully saturated rings. The van der Waals surface area contributed by atoms with Gasteiger partial charge in [-0.2, -0.15) is 13.2 Å². The summed E-state index contributed by atoms with van der Waals surface area (Å²) in [6.45, 7) is 3.42. The Kier molecular flexibility index (Phi) is 7.77. The molecule has 4 aromatic heterocycles. The van der Waals surface area contributed by atoms with Gasteiger partial charge in [0, 0.05) is 23.0 Å². The van der Waals surface area contributed by atoms with Gasteiger partial charge in [0.2, 0.25) is 5.88 Å². The van der Waals surface area contributed by atoms with Crippen molar-refractivity contribution in [1.82, 2.24) is 24.8 Å². The van der Waals surface area contributed by atoms with Crippen LogP contribution in [0, 0.1) is 13.8 Å². The fourth-order valence-corrected chi connectivity index (χ4v) is 5.65. The van der Waals surface area contributed by atoms with Crippen LogP contribution in [0.5, 0.6) is 11.6 Å². The van der Waals surface area contributed by atoms with Crippen LogP contribution in [0.2, 0.25) is 5.15 Å². The minimum Gasteiger partial charge on any atom is -0.494 e. The first-order valence-corrected chi connectivity index (χ1v) is 13.5. The third-order valence-corrected chi connectivity index (χ3v) is 7.68. The van der Waals surface area contributed by atoms with Crippen molar-refractivity contribution in [3.8, 4) is 22.8 Å². The van der Waals surface area contributed by atoms with Crippen molar-refractivity contribution in [2.75, 3.05) is 19.5 Å². The highest BCUT2D eigenvalue weighted by atomic mass is 35.5. The van der Waals surface area contributed by atoms with Crippen LogP contribution in [0.25, 0.3) is 11.1 Å². The molecule has 0 saturated carbocycles. The normalized spacial score (nSPS) is 12.7. The van der Waals surface area contributed by atoms with Gasteiger partial charge < -0.3 is 14.4 Å². The summed E-state index contributed by atoms with van der Waals surface area (Å²) >= 11 is 7.30. The maximum Gasteiger partial charge on any atom is 0.433 e. The summed E-state index contributed by atoms with van der Waals surface area (Å²) in [5.41, 5.74) is 1.47. The lowest BCUT2D eigenvalue weighted by Gasteiger charge is -2.19. The van der Waals surface area contributed by atoms with Crippen molar-refractivity contribution in [1.29, 1.82) is 0 Å². The van der Waals surface area contributed by atoms with E-state index in [0.29, 0.717) is 33.4 Å². The summed E-state index contributed by atoms with van der Waals surface area (Å²) in [6.07, 6.45) is -1.77. The van der Waals surface area contributed by atoms with Gasteiger partial charge in [-0.3, -0.25) is 19.9 Å². The van der Waals surface area contributed by atoms with Crippen LogP contribution in [0.4, 0.5) is 18.3 Å². The van der Waals surface area contributed by atoms with E-state index >= 15 is 0 Å². The van der Waals surface area contributed by atoms with Gasteiger partial charge in [0.05, 0.1) is 49.6 Å². The molecule has 0 atom stereocenters. The molecule has 10 nitrogen and oxygen atoms in total. The van der Waals surface area contributed by atoms with Gasteiger partial charge in [-0.05, 0) is 37.6 Å². The molecule has 0 aliphatic carbocycles. The van der Waals surface area contributed by atoms with Gasteiger partial charge in [0.25, 0.3) is 11.8 Å². The van der Waals surface area contributed by atoms with E-state index in [1.807, 2.05) is 0 Å². The number of halogens is 4. The van der Waals surface area contributed by atoms with Crippen molar-refractivity contribution in [2.24, 2.45) is 0 Å². The number of pyridine rings is 3. The number of carbonyl (C=O) groups excluding carboxylic acids is 2. The van der Waals surface area contributed by atoms with Gasteiger partial charge in [0.15, 0.2) is 5.13 Å². The molecule has 0 bridgehead atoms. The summed E-state index contributed by atoms with van der Waals surface area (Å²) in [5.74, 6) is -0.990. The van der Waals surface area contributed by atoms with E-state index in [1.165, 1.54) is 42.7 Å². The molecule has 5 rings (SSSR count). The Bertz CT molecular complexity index is 1710. The van der Waals surface area contributed by atoms with E-state index in [9.17, 15) is 22.8 Å². The molecule has 0 unspecified atom stereocenters. The van der Waals surface area contributed by atoms with Gasteiger partial charge >= 0.3 is 6.18 Å². The lowest BCUT2D eigenvalue weighted by atomic mass is 10.0. The van der Waals surface area contributed by atoms with Gasteiger partial charge in [-0.1, -0.05) is 22.9 Å². The molecule has 0 aromatic carbocycles. The standard InChI is InChI=1S/C27H22ClF3N6O4S/c1-12-5-20(27(29,30)31)35-24(41-4)22(12)25(39)37-10-17-19(11-37)42-26(34-17)36-23(38)16-8-32-13(2)6-14(16)15-7-21(28)33-9-18(15)40-3/h5-9H,10-11H2,1-4H3,(H,34,36,38). The fourth-order valence-electron chi connectivity index (χ4n) is 4.51. The molecule has 218 valence electrons. The third-order valence-electron chi connectivity index (χ3n) is 6.47. The molecule has 0 spiro atoms. The molecular weight excluding hydrogens is 597 g/mol. The van der Waals surface area contributed by atoms with E-state index in [-0.39, 0.29) is 34.9 Å². The van der Waals surface area contributed by atoms with E-state index in [1.54, 1.807) is 19.1 Å². The molecule has 15 heteroatoms. The van der Waals surface area contributed by atoms with E-state index < -0.39 is 29.6 Å². The van der Waals surface area contributed by atoms with Crippen LogP contribution >= 0.6 is 22.9 Å². The number of hydrogen-bond donors (Lipinski definition) is 1. The molecule has 1 aliphatic rings. The minimum atomic E-state index is -4.69. The second-order valence-corrected chi connectivity index (χ2v) is 10.8. The number of thiazole rings is 1. The molecule has 5 heterocycles. The Hall–Kier alpha value is -4.30. The molecule has 0 radical (unpaired) electrons. The summed E-state index contributed by atoms with van der Waals surface area (Å²) < 4.78 is 50.1. The second-order valence-electron chi connectivity index (χ2n) is 9.29. The Balaban J connectivity index is 1.36. The molecule has 42 heavy (non-hydrogen) atoms. The summed E-state index contributed by atoms with van der Waals surface area (Å²) in [7, 11) is 2.64. The number of fused-ring (bicyclic) bond motifs is 1. The van der Waals surface area contributed by atoms with Crippen LogP contribution in [0.3, 0.4) is 0 Å². The summed E-state index contributed by atoms with van der Waals surface area (Å²) in [5, 5.41) is 3.33. The number of aryl methyl sites for hydroxylation is 2. The number of hydrogen-bond acceptors (Lipinski definition) is 9. The van der Waals surface area contributed by atoms with Gasteiger partial charge in [0.1, 0.15) is 22.2 Å². The topological polar surface area (TPSA) is 119 Å². The number of amides is 2. The van der Waals surface area contributed by atoms with E-state index in [0.717, 1.165) is 18.1 Å². The van der Waals surface area contributed by atoms with Crippen LogP contribution in [-0.2, 0) is 19.3 Å². The molecule has 4 aromatic rings. The molecule has 0 saturated heterocycles. The first-order chi connectivity index (χ1) is 19.9. The average molecular weight is 619 g/mol. The molecule has 1 aliphatic heterocycles. The molecule has 1 N–H and O–H groups in total. The van der Waals surface area contributed by atoms with Gasteiger partial charge in [-0.25, -0.2) is 15.0 Å². The number of methoxy groups -OCH3 is 2. The quantitative estimate of drug-likeness (QED) is 0.273. The predicted molar refractivity (Wildman–Crippen MR) is 148 cm³/mol. The maximum absolute atomic E-state index is 13.4. The van der Waals surface area contributed by atoms with Crippen LogP contribution < -0.4 is 14.8 Å². The Labute approximate surface area is 246 Å². The number of ether oxygens (including phenoxy) is 2. The number of rotatable bonds is 6. The van der Waals surface area contributed by atoms with Gasteiger partial charge in [-0.15, -0.1) is 0 Å². The lowest BCUT2D eigenvalue weighted by molar-refractivity contribution is -0.141. The fraction of sp³-hybridized carbons (Fsp3) is 0.259. The highest BCUT2D eigenvalue weighted by Crippen LogP contribution is 2.37. The Morgan fingerprint density at radius 2 is 1.79 bits per heavy atom. The van der Waals surface area contributed by atoms with E-state index in [2.05, 4.69) is 25.3 Å². The highest BCUT2D eigenvalue weighted by molar-refractivity contribution is 7.16. The van der Waals surface area contributed by atoms with Crippen LogP contribution in [-0.4, -0.2) is 50.9 Å². The number of alkyl halides is 3. The number of anilines is 1. The minimum absolute atomic E-state index is 0.0553. The van der Waals surface area contributed by atoms with Crippen LogP contribution in [0.15, 0.2) is 30.6 Å². The predicted octanol–water partition coefficient (Wildman–Crippen LogP) is 5.71. The Morgan fingerprint density at radius 3 is 2.45 bits per heavy atom.